The first-order chi connectivity index (χ1) is 13.2. The summed E-state index contributed by atoms with van der Waals surface area (Å²) in [5.74, 6) is 1.01. The Balaban J connectivity index is 1.58. The topological polar surface area (TPSA) is 71.4 Å². The van der Waals surface area contributed by atoms with Crippen molar-refractivity contribution in [3.8, 4) is 0 Å². The molecule has 1 aromatic carbocycles. The molecule has 146 valence electrons. The maximum atomic E-state index is 12.6. The van der Waals surface area contributed by atoms with E-state index in [2.05, 4.69) is 20.5 Å². The number of hydrogen-bond donors (Lipinski definition) is 2. The molecule has 1 unspecified atom stereocenters. The number of rotatable bonds is 8. The van der Waals surface area contributed by atoms with Crippen molar-refractivity contribution >= 4 is 5.91 Å². The fourth-order valence-corrected chi connectivity index (χ4v) is 3.41. The molecule has 2 heterocycles. The molecule has 1 fully saturated rings. The predicted molar refractivity (Wildman–Crippen MR) is 104 cm³/mol. The maximum Gasteiger partial charge on any atom is 0.234 e. The van der Waals surface area contributed by atoms with E-state index in [0.717, 1.165) is 36.6 Å². The fourth-order valence-electron chi connectivity index (χ4n) is 3.41. The summed E-state index contributed by atoms with van der Waals surface area (Å²) in [6, 6.07) is 8.18. The minimum atomic E-state index is 0.0299. The Morgan fingerprint density at radius 3 is 2.93 bits per heavy atom. The summed E-state index contributed by atoms with van der Waals surface area (Å²) in [5.41, 5.74) is 2.22. The largest absolute Gasteiger partial charge is 0.377 e. The average Bonchev–Trinajstić information content (AvgIpc) is 3.11. The number of hydrogen-bond acceptors (Lipinski definition) is 5. The van der Waals surface area contributed by atoms with E-state index in [1.807, 2.05) is 49.0 Å². The molecule has 0 radical (unpaired) electrons. The van der Waals surface area contributed by atoms with Gasteiger partial charge in [0.25, 0.3) is 0 Å². The number of amides is 1. The molecule has 27 heavy (non-hydrogen) atoms. The van der Waals surface area contributed by atoms with Crippen molar-refractivity contribution in [1.82, 2.24) is 25.1 Å². The summed E-state index contributed by atoms with van der Waals surface area (Å²) in [7, 11) is 1.99. The molecule has 0 spiro atoms. The lowest BCUT2D eigenvalue weighted by atomic mass is 10.1. The summed E-state index contributed by atoms with van der Waals surface area (Å²) in [4.78, 5) is 19.2. The van der Waals surface area contributed by atoms with Crippen molar-refractivity contribution in [2.24, 2.45) is 7.05 Å². The highest BCUT2D eigenvalue weighted by atomic mass is 16.5. The third-order valence-corrected chi connectivity index (χ3v) is 4.91. The lowest BCUT2D eigenvalue weighted by Crippen LogP contribution is -2.50. The van der Waals surface area contributed by atoms with E-state index in [1.54, 1.807) is 6.20 Å². The first-order valence-corrected chi connectivity index (χ1v) is 9.52. The predicted octanol–water partition coefficient (Wildman–Crippen LogP) is 1.22. The highest BCUT2D eigenvalue weighted by Crippen LogP contribution is 2.19. The van der Waals surface area contributed by atoms with Crippen LogP contribution < -0.4 is 10.6 Å². The van der Waals surface area contributed by atoms with E-state index in [0.29, 0.717) is 26.3 Å². The number of benzene rings is 1. The highest BCUT2D eigenvalue weighted by Gasteiger charge is 2.28. The van der Waals surface area contributed by atoms with Gasteiger partial charge in [0.15, 0.2) is 0 Å². The molecule has 1 atom stereocenters. The van der Waals surface area contributed by atoms with Gasteiger partial charge in [-0.15, -0.1) is 0 Å². The van der Waals surface area contributed by atoms with Crippen molar-refractivity contribution in [2.75, 3.05) is 32.8 Å². The molecule has 3 rings (SSSR count). The van der Waals surface area contributed by atoms with Gasteiger partial charge in [0.2, 0.25) is 5.91 Å². The average molecular weight is 371 g/mol. The van der Waals surface area contributed by atoms with Crippen LogP contribution in [0.4, 0.5) is 0 Å². The van der Waals surface area contributed by atoms with Crippen molar-refractivity contribution < 1.29 is 9.53 Å². The lowest BCUT2D eigenvalue weighted by Gasteiger charge is -2.35. The Kier molecular flexibility index (Phi) is 6.98. The van der Waals surface area contributed by atoms with Crippen molar-refractivity contribution in [3.63, 3.8) is 0 Å². The van der Waals surface area contributed by atoms with Crippen LogP contribution >= 0.6 is 0 Å². The first-order valence-electron chi connectivity index (χ1n) is 9.52. The summed E-state index contributed by atoms with van der Waals surface area (Å²) in [5, 5.41) is 6.46. The number of nitrogens with zero attached hydrogens (tertiary/aromatic N) is 3. The van der Waals surface area contributed by atoms with Gasteiger partial charge in [-0.3, -0.25) is 9.69 Å². The smallest absolute Gasteiger partial charge is 0.234 e. The normalized spacial score (nSPS) is 17.8. The number of aryl methyl sites for hydroxylation is 1. The van der Waals surface area contributed by atoms with Crippen molar-refractivity contribution in [1.29, 1.82) is 0 Å². The molecule has 0 aliphatic carbocycles. The molecular formula is C20H29N5O2. The first kappa shape index (κ1) is 19.5. The molecular weight excluding hydrogens is 342 g/mol. The third kappa shape index (κ3) is 5.15. The molecule has 2 N–H and O–H groups in total. The second-order valence-corrected chi connectivity index (χ2v) is 6.77. The zero-order valence-corrected chi connectivity index (χ0v) is 16.1. The Bertz CT molecular complexity index is 745. The van der Waals surface area contributed by atoms with Crippen LogP contribution in [0.2, 0.25) is 0 Å². The molecule has 1 saturated heterocycles. The van der Waals surface area contributed by atoms with Gasteiger partial charge in [-0.1, -0.05) is 24.3 Å². The van der Waals surface area contributed by atoms with Crippen molar-refractivity contribution in [2.45, 2.75) is 26.1 Å². The van der Waals surface area contributed by atoms with Crippen LogP contribution in [-0.2, 0) is 29.7 Å². The molecule has 1 aliphatic heterocycles. The molecule has 7 heteroatoms. The highest BCUT2D eigenvalue weighted by molar-refractivity contribution is 5.78. The summed E-state index contributed by atoms with van der Waals surface area (Å²) in [6.45, 7) is 6.62. The number of nitrogens with one attached hydrogen (secondary N) is 2. The second-order valence-electron chi connectivity index (χ2n) is 6.77. The van der Waals surface area contributed by atoms with Crippen LogP contribution in [0.3, 0.4) is 0 Å². The molecule has 2 aromatic rings. The van der Waals surface area contributed by atoms with E-state index in [1.165, 1.54) is 0 Å². The summed E-state index contributed by atoms with van der Waals surface area (Å²) in [6.07, 6.45) is 3.75. The monoisotopic (exact) mass is 371 g/mol. The van der Waals surface area contributed by atoms with Gasteiger partial charge in [-0.2, -0.15) is 0 Å². The van der Waals surface area contributed by atoms with Gasteiger partial charge in [0.05, 0.1) is 19.2 Å². The van der Waals surface area contributed by atoms with Gasteiger partial charge >= 0.3 is 0 Å². The minimum Gasteiger partial charge on any atom is -0.377 e. The van der Waals surface area contributed by atoms with E-state index >= 15 is 0 Å². The van der Waals surface area contributed by atoms with E-state index in [4.69, 9.17) is 4.74 Å². The van der Waals surface area contributed by atoms with Crippen LogP contribution in [0.5, 0.6) is 0 Å². The zero-order chi connectivity index (χ0) is 19.1. The number of carbonyl (C=O) groups excluding carboxylic acids is 1. The number of ether oxygens (including phenoxy) is 1. The molecule has 1 amide bonds. The summed E-state index contributed by atoms with van der Waals surface area (Å²) >= 11 is 0. The van der Waals surface area contributed by atoms with E-state index < -0.39 is 0 Å². The minimum absolute atomic E-state index is 0.0299. The second kappa shape index (κ2) is 9.64. The number of aromatic nitrogens is 2. The molecule has 0 bridgehead atoms. The van der Waals surface area contributed by atoms with Gasteiger partial charge in [0.1, 0.15) is 5.82 Å². The zero-order valence-electron chi connectivity index (χ0n) is 16.1. The van der Waals surface area contributed by atoms with Crippen LogP contribution in [0.1, 0.15) is 29.9 Å². The Hall–Kier alpha value is -2.22. The molecule has 1 aromatic heterocycles. The molecule has 0 saturated carbocycles. The Labute approximate surface area is 160 Å². The van der Waals surface area contributed by atoms with E-state index in [-0.39, 0.29) is 11.9 Å². The number of carbonyl (C=O) groups is 1. The van der Waals surface area contributed by atoms with E-state index in [9.17, 15) is 4.79 Å². The SMILES string of the molecule is CCOCc1ccccc1CNC(=O)CN1CCNCC1c1nccn1C. The standard InChI is InChI=1S/C20H29N5O2/c1-3-27-15-17-7-5-4-6-16(17)12-23-19(26)14-25-11-8-21-13-18(25)20-22-9-10-24(20)2/h4-7,9-10,18,21H,3,8,11-15H2,1-2H3,(H,23,26). The van der Waals surface area contributed by atoms with Crippen LogP contribution in [-0.4, -0.2) is 53.1 Å². The van der Waals surface area contributed by atoms with Crippen LogP contribution in [0, 0.1) is 0 Å². The van der Waals surface area contributed by atoms with Gasteiger partial charge < -0.3 is 19.9 Å². The molecule has 7 nitrogen and oxygen atoms in total. The van der Waals surface area contributed by atoms with Gasteiger partial charge in [0, 0.05) is 52.2 Å². The number of imidazole rings is 1. The Morgan fingerprint density at radius 1 is 1.37 bits per heavy atom. The quantitative estimate of drug-likeness (QED) is 0.730. The van der Waals surface area contributed by atoms with Crippen LogP contribution in [0.25, 0.3) is 0 Å². The van der Waals surface area contributed by atoms with Gasteiger partial charge in [-0.25, -0.2) is 4.98 Å². The maximum absolute atomic E-state index is 12.6. The fraction of sp³-hybridized carbons (Fsp3) is 0.500. The number of piperazine rings is 1. The van der Waals surface area contributed by atoms with Crippen LogP contribution in [0.15, 0.2) is 36.7 Å². The summed E-state index contributed by atoms with van der Waals surface area (Å²) < 4.78 is 7.54. The van der Waals surface area contributed by atoms with Crippen molar-refractivity contribution in [3.05, 3.63) is 53.6 Å². The Morgan fingerprint density at radius 2 is 2.19 bits per heavy atom. The lowest BCUT2D eigenvalue weighted by molar-refractivity contribution is -0.123. The third-order valence-electron chi connectivity index (χ3n) is 4.91. The molecule has 1 aliphatic rings. The van der Waals surface area contributed by atoms with Gasteiger partial charge in [-0.05, 0) is 18.1 Å².